The second-order valence-corrected chi connectivity index (χ2v) is 4.61. The molecule has 1 aliphatic rings. The van der Waals surface area contributed by atoms with Crippen molar-refractivity contribution in [2.75, 3.05) is 25.6 Å². The molecule has 0 amide bonds. The molecule has 1 unspecified atom stereocenters. The minimum absolute atomic E-state index is 0.495. The van der Waals surface area contributed by atoms with Crippen LogP contribution in [0.2, 0.25) is 0 Å². The molecule has 1 fully saturated rings. The fraction of sp³-hybridized carbons (Fsp3) is 0.357. The SMILES string of the molecule is Nc1ccc(OCC2CCOC2)c2cnccc12. The summed E-state index contributed by atoms with van der Waals surface area (Å²) in [5.41, 5.74) is 6.69. The molecule has 0 bridgehead atoms. The van der Waals surface area contributed by atoms with Gasteiger partial charge in [0, 0.05) is 41.4 Å². The first-order chi connectivity index (χ1) is 8.84. The smallest absolute Gasteiger partial charge is 0.128 e. The first-order valence-electron chi connectivity index (χ1n) is 6.17. The number of benzene rings is 1. The number of fused-ring (bicyclic) bond motifs is 1. The van der Waals surface area contributed by atoms with Crippen LogP contribution in [-0.4, -0.2) is 24.8 Å². The molecule has 0 radical (unpaired) electrons. The van der Waals surface area contributed by atoms with E-state index in [1.54, 1.807) is 12.4 Å². The lowest BCUT2D eigenvalue weighted by Crippen LogP contribution is -2.11. The largest absolute Gasteiger partial charge is 0.493 e. The van der Waals surface area contributed by atoms with Crippen molar-refractivity contribution in [3.05, 3.63) is 30.6 Å². The van der Waals surface area contributed by atoms with Crippen LogP contribution in [0.25, 0.3) is 10.8 Å². The summed E-state index contributed by atoms with van der Waals surface area (Å²) in [5.74, 6) is 1.34. The van der Waals surface area contributed by atoms with Crippen LogP contribution in [0.1, 0.15) is 6.42 Å². The minimum Gasteiger partial charge on any atom is -0.493 e. The molecule has 1 aliphatic heterocycles. The first kappa shape index (κ1) is 11.3. The Kier molecular flexibility index (Phi) is 3.02. The number of nitrogens with zero attached hydrogens (tertiary/aromatic N) is 1. The molecule has 2 aromatic rings. The molecule has 1 saturated heterocycles. The van der Waals surface area contributed by atoms with Crippen LogP contribution in [0.4, 0.5) is 5.69 Å². The molecule has 0 saturated carbocycles. The Morgan fingerprint density at radius 2 is 2.28 bits per heavy atom. The summed E-state index contributed by atoms with van der Waals surface area (Å²) in [6.45, 7) is 2.33. The van der Waals surface area contributed by atoms with Gasteiger partial charge in [-0.05, 0) is 24.6 Å². The zero-order valence-electron chi connectivity index (χ0n) is 10.1. The van der Waals surface area contributed by atoms with E-state index in [-0.39, 0.29) is 0 Å². The lowest BCUT2D eigenvalue weighted by atomic mass is 10.1. The molecule has 4 heteroatoms. The molecule has 3 rings (SSSR count). The second kappa shape index (κ2) is 4.82. The molecule has 4 nitrogen and oxygen atoms in total. The van der Waals surface area contributed by atoms with E-state index < -0.39 is 0 Å². The van der Waals surface area contributed by atoms with Crippen molar-refractivity contribution in [2.45, 2.75) is 6.42 Å². The lowest BCUT2D eigenvalue weighted by molar-refractivity contribution is 0.167. The van der Waals surface area contributed by atoms with Crippen molar-refractivity contribution in [3.8, 4) is 5.75 Å². The fourth-order valence-electron chi connectivity index (χ4n) is 2.24. The maximum absolute atomic E-state index is 5.94. The van der Waals surface area contributed by atoms with E-state index in [4.69, 9.17) is 15.2 Å². The van der Waals surface area contributed by atoms with Crippen molar-refractivity contribution in [3.63, 3.8) is 0 Å². The van der Waals surface area contributed by atoms with E-state index in [1.807, 2.05) is 18.2 Å². The number of hydrogen-bond donors (Lipinski definition) is 1. The van der Waals surface area contributed by atoms with Gasteiger partial charge >= 0.3 is 0 Å². The number of hydrogen-bond acceptors (Lipinski definition) is 4. The predicted octanol–water partition coefficient (Wildman–Crippen LogP) is 2.23. The van der Waals surface area contributed by atoms with Crippen LogP contribution in [0.15, 0.2) is 30.6 Å². The van der Waals surface area contributed by atoms with Crippen molar-refractivity contribution >= 4 is 16.5 Å². The standard InChI is InChI=1S/C14H16N2O2/c15-13-1-2-14(12-7-16-5-3-11(12)13)18-9-10-4-6-17-8-10/h1-3,5,7,10H,4,6,8-9,15H2. The van der Waals surface area contributed by atoms with Crippen LogP contribution in [0.5, 0.6) is 5.75 Å². The molecule has 0 spiro atoms. The maximum atomic E-state index is 5.94. The Hall–Kier alpha value is -1.81. The van der Waals surface area contributed by atoms with Gasteiger partial charge in [0.05, 0.1) is 13.2 Å². The van der Waals surface area contributed by atoms with Gasteiger partial charge in [-0.25, -0.2) is 0 Å². The predicted molar refractivity (Wildman–Crippen MR) is 70.6 cm³/mol. The molecular weight excluding hydrogens is 228 g/mol. The number of anilines is 1. The summed E-state index contributed by atoms with van der Waals surface area (Å²) >= 11 is 0. The van der Waals surface area contributed by atoms with Gasteiger partial charge < -0.3 is 15.2 Å². The van der Waals surface area contributed by atoms with Gasteiger partial charge in [0.15, 0.2) is 0 Å². The molecule has 2 N–H and O–H groups in total. The maximum Gasteiger partial charge on any atom is 0.128 e. The topological polar surface area (TPSA) is 57.4 Å². The Morgan fingerprint density at radius 3 is 3.11 bits per heavy atom. The van der Waals surface area contributed by atoms with Gasteiger partial charge in [-0.15, -0.1) is 0 Å². The number of nitrogen functional groups attached to an aromatic ring is 1. The minimum atomic E-state index is 0.495. The van der Waals surface area contributed by atoms with Crippen molar-refractivity contribution in [1.29, 1.82) is 0 Å². The highest BCUT2D eigenvalue weighted by molar-refractivity contribution is 5.96. The van der Waals surface area contributed by atoms with Gasteiger partial charge in [0.2, 0.25) is 0 Å². The number of nitrogens with two attached hydrogens (primary N) is 1. The normalized spacial score (nSPS) is 19.2. The van der Waals surface area contributed by atoms with Gasteiger partial charge in [0.25, 0.3) is 0 Å². The van der Waals surface area contributed by atoms with Crippen molar-refractivity contribution in [2.24, 2.45) is 5.92 Å². The fourth-order valence-corrected chi connectivity index (χ4v) is 2.24. The van der Waals surface area contributed by atoms with E-state index >= 15 is 0 Å². The second-order valence-electron chi connectivity index (χ2n) is 4.61. The first-order valence-corrected chi connectivity index (χ1v) is 6.17. The summed E-state index contributed by atoms with van der Waals surface area (Å²) in [4.78, 5) is 4.13. The highest BCUT2D eigenvalue weighted by Gasteiger charge is 2.16. The Balaban J connectivity index is 1.85. The third kappa shape index (κ3) is 2.11. The monoisotopic (exact) mass is 244 g/mol. The molecule has 94 valence electrons. The van der Waals surface area contributed by atoms with Crippen LogP contribution < -0.4 is 10.5 Å². The molecule has 1 aromatic carbocycles. The Morgan fingerprint density at radius 1 is 1.33 bits per heavy atom. The van der Waals surface area contributed by atoms with E-state index in [0.717, 1.165) is 41.8 Å². The summed E-state index contributed by atoms with van der Waals surface area (Å²) in [6.07, 6.45) is 4.62. The van der Waals surface area contributed by atoms with E-state index in [9.17, 15) is 0 Å². The summed E-state index contributed by atoms with van der Waals surface area (Å²) in [5, 5.41) is 1.96. The van der Waals surface area contributed by atoms with Crippen LogP contribution in [0.3, 0.4) is 0 Å². The third-order valence-corrected chi connectivity index (χ3v) is 3.31. The van der Waals surface area contributed by atoms with Gasteiger partial charge in [0.1, 0.15) is 5.75 Å². The number of ether oxygens (including phenoxy) is 2. The van der Waals surface area contributed by atoms with E-state index in [0.29, 0.717) is 12.5 Å². The van der Waals surface area contributed by atoms with Crippen LogP contribution in [0, 0.1) is 5.92 Å². The van der Waals surface area contributed by atoms with Crippen LogP contribution in [-0.2, 0) is 4.74 Å². The van der Waals surface area contributed by atoms with E-state index in [2.05, 4.69) is 4.98 Å². The van der Waals surface area contributed by atoms with Gasteiger partial charge in [-0.2, -0.15) is 0 Å². The molecular formula is C14H16N2O2. The Labute approximate surface area is 106 Å². The highest BCUT2D eigenvalue weighted by atomic mass is 16.5. The zero-order chi connectivity index (χ0) is 12.4. The van der Waals surface area contributed by atoms with Crippen molar-refractivity contribution < 1.29 is 9.47 Å². The molecule has 18 heavy (non-hydrogen) atoms. The Bertz CT molecular complexity index is 550. The summed E-state index contributed by atoms with van der Waals surface area (Å²) < 4.78 is 11.2. The average Bonchev–Trinajstić information content (AvgIpc) is 2.92. The number of pyridine rings is 1. The van der Waals surface area contributed by atoms with Gasteiger partial charge in [-0.3, -0.25) is 4.98 Å². The quantitative estimate of drug-likeness (QED) is 0.841. The molecule has 1 atom stereocenters. The summed E-state index contributed by atoms with van der Waals surface area (Å²) in [7, 11) is 0. The van der Waals surface area contributed by atoms with Crippen molar-refractivity contribution in [1.82, 2.24) is 4.98 Å². The molecule has 2 heterocycles. The van der Waals surface area contributed by atoms with Crippen LogP contribution >= 0.6 is 0 Å². The number of aromatic nitrogens is 1. The van der Waals surface area contributed by atoms with Gasteiger partial charge in [-0.1, -0.05) is 0 Å². The number of rotatable bonds is 3. The third-order valence-electron chi connectivity index (χ3n) is 3.31. The van der Waals surface area contributed by atoms with E-state index in [1.165, 1.54) is 0 Å². The summed E-state index contributed by atoms with van der Waals surface area (Å²) in [6, 6.07) is 5.70. The molecule has 0 aliphatic carbocycles. The average molecular weight is 244 g/mol. The highest BCUT2D eigenvalue weighted by Crippen LogP contribution is 2.29. The zero-order valence-corrected chi connectivity index (χ0v) is 10.1. The molecule has 1 aromatic heterocycles. The lowest BCUT2D eigenvalue weighted by Gasteiger charge is -2.13.